The first-order chi connectivity index (χ1) is 8.43. The summed E-state index contributed by atoms with van der Waals surface area (Å²) in [4.78, 5) is 0. The van der Waals surface area contributed by atoms with Gasteiger partial charge < -0.3 is 5.73 Å². The van der Waals surface area contributed by atoms with Crippen molar-refractivity contribution in [2.24, 2.45) is 0 Å². The normalized spacial score (nSPS) is 11.8. The van der Waals surface area contributed by atoms with Crippen molar-refractivity contribution in [1.29, 1.82) is 0 Å². The fourth-order valence-corrected chi connectivity index (χ4v) is 2.08. The molecule has 0 fully saturated rings. The molecule has 1 heterocycles. The van der Waals surface area contributed by atoms with Crippen LogP contribution < -0.4 is 5.73 Å². The van der Waals surface area contributed by atoms with Crippen LogP contribution in [0.25, 0.3) is 5.69 Å². The summed E-state index contributed by atoms with van der Waals surface area (Å²) >= 11 is 0. The van der Waals surface area contributed by atoms with Crippen LogP contribution in [-0.2, 0) is 11.8 Å². The number of benzene rings is 1. The molecule has 18 heavy (non-hydrogen) atoms. The molecule has 0 amide bonds. The fraction of sp³-hybridized carbons (Fsp3) is 0.429. The molecule has 0 aliphatic heterocycles. The number of nitrogens with zero attached hydrogens (tertiary/aromatic N) is 3. The molecular weight excluding hydrogens is 224 g/mol. The van der Waals surface area contributed by atoms with E-state index in [9.17, 15) is 0 Å². The molecular formula is C14H20N4. The van der Waals surface area contributed by atoms with Gasteiger partial charge in [-0.1, -0.05) is 45.0 Å². The lowest BCUT2D eigenvalue weighted by molar-refractivity contribution is 0.544. The molecule has 2 rings (SSSR count). The highest BCUT2D eigenvalue weighted by Crippen LogP contribution is 2.28. The van der Waals surface area contributed by atoms with E-state index in [2.05, 4.69) is 50.1 Å². The Labute approximate surface area is 108 Å². The number of aromatic nitrogens is 3. The quantitative estimate of drug-likeness (QED) is 0.883. The average molecular weight is 244 g/mol. The maximum absolute atomic E-state index is 5.94. The van der Waals surface area contributed by atoms with Gasteiger partial charge in [0, 0.05) is 5.41 Å². The van der Waals surface area contributed by atoms with E-state index in [1.807, 2.05) is 16.8 Å². The maximum Gasteiger partial charge on any atom is 0.170 e. The number of nitrogen functional groups attached to an aromatic ring is 1. The summed E-state index contributed by atoms with van der Waals surface area (Å²) < 4.78 is 1.84. The number of hydrogen-bond donors (Lipinski definition) is 1. The SMILES string of the molecule is CCc1cccc(-n2nnc(N)c2C(C)(C)C)c1. The largest absolute Gasteiger partial charge is 0.381 e. The lowest BCUT2D eigenvalue weighted by Crippen LogP contribution is -2.19. The van der Waals surface area contributed by atoms with Crippen molar-refractivity contribution in [3.8, 4) is 5.69 Å². The smallest absolute Gasteiger partial charge is 0.170 e. The summed E-state index contributed by atoms with van der Waals surface area (Å²) in [5.41, 5.74) is 9.10. The molecule has 1 aromatic carbocycles. The van der Waals surface area contributed by atoms with Gasteiger partial charge in [0.15, 0.2) is 5.82 Å². The number of nitrogens with two attached hydrogens (primary N) is 1. The highest BCUT2D eigenvalue weighted by molar-refractivity contribution is 5.45. The Hall–Kier alpha value is -1.84. The van der Waals surface area contributed by atoms with Crippen molar-refractivity contribution in [3.63, 3.8) is 0 Å². The van der Waals surface area contributed by atoms with Crippen LogP contribution in [0.3, 0.4) is 0 Å². The zero-order valence-corrected chi connectivity index (χ0v) is 11.4. The van der Waals surface area contributed by atoms with E-state index >= 15 is 0 Å². The first-order valence-electron chi connectivity index (χ1n) is 6.24. The van der Waals surface area contributed by atoms with Gasteiger partial charge in [0.1, 0.15) is 0 Å². The molecule has 1 aromatic heterocycles. The highest BCUT2D eigenvalue weighted by atomic mass is 15.4. The number of anilines is 1. The molecule has 4 nitrogen and oxygen atoms in total. The van der Waals surface area contributed by atoms with Crippen LogP contribution in [-0.4, -0.2) is 15.0 Å². The first-order valence-corrected chi connectivity index (χ1v) is 6.24. The Morgan fingerprint density at radius 3 is 2.61 bits per heavy atom. The van der Waals surface area contributed by atoms with Gasteiger partial charge in [-0.05, 0) is 24.1 Å². The Bertz CT molecular complexity index is 549. The first kappa shape index (κ1) is 12.6. The molecule has 0 aliphatic carbocycles. The predicted octanol–water partition coefficient (Wildman–Crippen LogP) is 2.71. The summed E-state index contributed by atoms with van der Waals surface area (Å²) in [6.07, 6.45) is 1.00. The van der Waals surface area contributed by atoms with E-state index in [1.165, 1.54) is 5.56 Å². The van der Waals surface area contributed by atoms with E-state index in [4.69, 9.17) is 5.73 Å². The average Bonchev–Trinajstić information content (AvgIpc) is 2.71. The second-order valence-corrected chi connectivity index (χ2v) is 5.51. The summed E-state index contributed by atoms with van der Waals surface area (Å²) in [7, 11) is 0. The van der Waals surface area contributed by atoms with Crippen molar-refractivity contribution in [2.45, 2.75) is 39.5 Å². The van der Waals surface area contributed by atoms with Gasteiger partial charge in [-0.3, -0.25) is 0 Å². The van der Waals surface area contributed by atoms with E-state index in [1.54, 1.807) is 0 Å². The summed E-state index contributed by atoms with van der Waals surface area (Å²) in [5.74, 6) is 0.504. The van der Waals surface area contributed by atoms with Crippen LogP contribution in [0.15, 0.2) is 24.3 Å². The van der Waals surface area contributed by atoms with E-state index in [-0.39, 0.29) is 5.41 Å². The maximum atomic E-state index is 5.94. The molecule has 0 aliphatic rings. The van der Waals surface area contributed by atoms with Crippen molar-refractivity contribution < 1.29 is 0 Å². The van der Waals surface area contributed by atoms with Gasteiger partial charge in [0.05, 0.1) is 11.4 Å². The molecule has 2 aromatic rings. The summed E-state index contributed by atoms with van der Waals surface area (Å²) in [5, 5.41) is 8.18. The standard InChI is InChI=1S/C14H20N4/c1-5-10-7-6-8-11(9-10)18-12(14(2,3)4)13(15)16-17-18/h6-9H,5,15H2,1-4H3. The molecule has 0 atom stereocenters. The van der Waals surface area contributed by atoms with Gasteiger partial charge >= 0.3 is 0 Å². The Kier molecular flexibility index (Phi) is 3.11. The molecule has 0 saturated carbocycles. The minimum atomic E-state index is -0.0875. The zero-order valence-electron chi connectivity index (χ0n) is 11.4. The van der Waals surface area contributed by atoms with Crippen LogP contribution in [0.2, 0.25) is 0 Å². The highest BCUT2D eigenvalue weighted by Gasteiger charge is 2.24. The van der Waals surface area contributed by atoms with Crippen LogP contribution in [0.1, 0.15) is 39.0 Å². The number of aryl methyl sites for hydroxylation is 1. The molecule has 2 N–H and O–H groups in total. The summed E-state index contributed by atoms with van der Waals surface area (Å²) in [6.45, 7) is 8.48. The van der Waals surface area contributed by atoms with E-state index < -0.39 is 0 Å². The molecule has 0 spiro atoms. The zero-order chi connectivity index (χ0) is 13.3. The lowest BCUT2D eigenvalue weighted by atomic mass is 9.91. The number of rotatable bonds is 2. The van der Waals surface area contributed by atoms with E-state index in [0.717, 1.165) is 17.8 Å². The monoisotopic (exact) mass is 244 g/mol. The third kappa shape index (κ3) is 2.23. The van der Waals surface area contributed by atoms with Crippen LogP contribution in [0.5, 0.6) is 0 Å². The predicted molar refractivity (Wildman–Crippen MR) is 73.8 cm³/mol. The van der Waals surface area contributed by atoms with Crippen LogP contribution in [0.4, 0.5) is 5.82 Å². The van der Waals surface area contributed by atoms with Gasteiger partial charge in [-0.25, -0.2) is 4.68 Å². The molecule has 0 unspecified atom stereocenters. The second kappa shape index (κ2) is 4.44. The van der Waals surface area contributed by atoms with Crippen molar-refractivity contribution in [2.75, 3.05) is 5.73 Å². The Morgan fingerprint density at radius 2 is 2.00 bits per heavy atom. The molecule has 0 bridgehead atoms. The molecule has 4 heteroatoms. The van der Waals surface area contributed by atoms with Crippen LogP contribution in [0, 0.1) is 0 Å². The Balaban J connectivity index is 2.57. The van der Waals surface area contributed by atoms with Gasteiger partial charge in [0.25, 0.3) is 0 Å². The topological polar surface area (TPSA) is 56.7 Å². The van der Waals surface area contributed by atoms with Crippen molar-refractivity contribution in [1.82, 2.24) is 15.0 Å². The fourth-order valence-electron chi connectivity index (χ4n) is 2.08. The minimum absolute atomic E-state index is 0.0875. The molecule has 0 radical (unpaired) electrons. The molecule has 96 valence electrons. The van der Waals surface area contributed by atoms with Gasteiger partial charge in [-0.2, -0.15) is 0 Å². The van der Waals surface area contributed by atoms with Crippen molar-refractivity contribution in [3.05, 3.63) is 35.5 Å². The van der Waals surface area contributed by atoms with E-state index in [0.29, 0.717) is 5.82 Å². The minimum Gasteiger partial charge on any atom is -0.381 e. The number of hydrogen-bond acceptors (Lipinski definition) is 3. The third-order valence-corrected chi connectivity index (χ3v) is 2.97. The third-order valence-electron chi connectivity index (χ3n) is 2.97. The molecule has 0 saturated heterocycles. The summed E-state index contributed by atoms with van der Waals surface area (Å²) in [6, 6.07) is 8.31. The second-order valence-electron chi connectivity index (χ2n) is 5.51. The van der Waals surface area contributed by atoms with Gasteiger partial charge in [0.2, 0.25) is 0 Å². The van der Waals surface area contributed by atoms with Crippen LogP contribution >= 0.6 is 0 Å². The van der Waals surface area contributed by atoms with Crippen molar-refractivity contribution >= 4 is 5.82 Å². The Morgan fingerprint density at radius 1 is 1.28 bits per heavy atom. The van der Waals surface area contributed by atoms with Gasteiger partial charge in [-0.15, -0.1) is 5.10 Å². The lowest BCUT2D eigenvalue weighted by Gasteiger charge is -2.20.